The Balaban J connectivity index is 1.38. The number of likely N-dealkylation sites (tertiary alicyclic amines) is 1. The zero-order valence-corrected chi connectivity index (χ0v) is 17.5. The van der Waals surface area contributed by atoms with E-state index in [0.29, 0.717) is 22.9 Å². The van der Waals surface area contributed by atoms with E-state index in [4.69, 9.17) is 9.84 Å². The lowest BCUT2D eigenvalue weighted by molar-refractivity contribution is 0.138. The second-order valence-corrected chi connectivity index (χ2v) is 8.40. The molecule has 2 fully saturated rings. The van der Waals surface area contributed by atoms with Crippen LogP contribution in [0.25, 0.3) is 16.6 Å². The van der Waals surface area contributed by atoms with Crippen LogP contribution in [0.3, 0.4) is 0 Å². The topological polar surface area (TPSA) is 83.4 Å². The van der Waals surface area contributed by atoms with E-state index in [1.807, 2.05) is 18.5 Å². The molecule has 0 spiro atoms. The Morgan fingerprint density at radius 1 is 1.23 bits per heavy atom. The highest BCUT2D eigenvalue weighted by Gasteiger charge is 2.26. The zero-order chi connectivity index (χ0) is 20.7. The van der Waals surface area contributed by atoms with Gasteiger partial charge in [-0.15, -0.1) is 0 Å². The molecular formula is C22H27N7O. The lowest BCUT2D eigenvalue weighted by Crippen LogP contribution is -2.49. The molecule has 0 radical (unpaired) electrons. The smallest absolute Gasteiger partial charge is 0.146 e. The highest BCUT2D eigenvalue weighted by molar-refractivity contribution is 5.75. The number of hydrogen-bond donors (Lipinski definition) is 1. The third-order valence-corrected chi connectivity index (χ3v) is 6.56. The molecule has 8 nitrogen and oxygen atoms in total. The van der Waals surface area contributed by atoms with Crippen molar-refractivity contribution in [2.24, 2.45) is 5.92 Å². The third-order valence-electron chi connectivity index (χ3n) is 6.56. The number of methoxy groups -OCH3 is 1. The van der Waals surface area contributed by atoms with Crippen molar-refractivity contribution >= 4 is 5.52 Å². The molecular weight excluding hydrogens is 378 g/mol. The van der Waals surface area contributed by atoms with E-state index >= 15 is 0 Å². The molecule has 2 aliphatic heterocycles. The van der Waals surface area contributed by atoms with Gasteiger partial charge in [0.05, 0.1) is 25.5 Å². The summed E-state index contributed by atoms with van der Waals surface area (Å²) in [6.45, 7) is 7.97. The van der Waals surface area contributed by atoms with Gasteiger partial charge in [-0.1, -0.05) is 0 Å². The molecule has 5 rings (SSSR count). The highest BCUT2D eigenvalue weighted by atomic mass is 16.5. The standard InChI is InChI=1S/C22H27N7O/c1-15-20(17-7-21(30-2)22-18(8-23)11-25-28(22)14-17)12-26-29(15)19-3-5-27(6-4-19)13-16-9-24-10-16/h7,11-12,14,16,19,24H,3-6,9-10,13H2,1-2H3. The van der Waals surface area contributed by atoms with E-state index in [0.717, 1.165) is 48.7 Å². The van der Waals surface area contributed by atoms with Crippen LogP contribution in [0.15, 0.2) is 24.7 Å². The minimum Gasteiger partial charge on any atom is -0.494 e. The van der Waals surface area contributed by atoms with Gasteiger partial charge in [-0.05, 0) is 31.7 Å². The van der Waals surface area contributed by atoms with Crippen LogP contribution in [0.1, 0.15) is 30.1 Å². The average molecular weight is 406 g/mol. The molecule has 0 atom stereocenters. The second-order valence-electron chi connectivity index (χ2n) is 8.40. The average Bonchev–Trinajstić information content (AvgIpc) is 3.33. The molecule has 0 saturated carbocycles. The maximum absolute atomic E-state index is 9.33. The van der Waals surface area contributed by atoms with E-state index in [1.54, 1.807) is 17.8 Å². The van der Waals surface area contributed by atoms with Crippen molar-refractivity contribution < 1.29 is 4.74 Å². The third kappa shape index (κ3) is 3.24. The predicted molar refractivity (Wildman–Crippen MR) is 113 cm³/mol. The summed E-state index contributed by atoms with van der Waals surface area (Å²) in [6, 6.07) is 4.59. The Morgan fingerprint density at radius 3 is 2.70 bits per heavy atom. The monoisotopic (exact) mass is 405 g/mol. The first kappa shape index (κ1) is 19.1. The zero-order valence-electron chi connectivity index (χ0n) is 17.5. The predicted octanol–water partition coefficient (Wildman–Crippen LogP) is 2.24. The van der Waals surface area contributed by atoms with Crippen molar-refractivity contribution in [2.75, 3.05) is 39.8 Å². The van der Waals surface area contributed by atoms with Crippen LogP contribution in [0.4, 0.5) is 0 Å². The number of aromatic nitrogens is 4. The Labute approximate surface area is 176 Å². The molecule has 2 saturated heterocycles. The van der Waals surface area contributed by atoms with Gasteiger partial charge in [-0.2, -0.15) is 15.5 Å². The van der Waals surface area contributed by atoms with Crippen LogP contribution in [0.5, 0.6) is 5.75 Å². The summed E-state index contributed by atoms with van der Waals surface area (Å²) in [5.74, 6) is 1.47. The summed E-state index contributed by atoms with van der Waals surface area (Å²) in [5.41, 5.74) is 4.43. The first-order valence-corrected chi connectivity index (χ1v) is 10.6. The molecule has 156 valence electrons. The molecule has 3 aromatic rings. The first-order chi connectivity index (χ1) is 14.7. The first-order valence-electron chi connectivity index (χ1n) is 10.6. The Hall–Kier alpha value is -2.89. The van der Waals surface area contributed by atoms with E-state index < -0.39 is 0 Å². The molecule has 1 N–H and O–H groups in total. The van der Waals surface area contributed by atoms with Crippen LogP contribution in [-0.4, -0.2) is 64.1 Å². The van der Waals surface area contributed by atoms with E-state index in [-0.39, 0.29) is 0 Å². The fourth-order valence-electron chi connectivity index (χ4n) is 4.73. The molecule has 0 aliphatic carbocycles. The van der Waals surface area contributed by atoms with Crippen LogP contribution in [-0.2, 0) is 0 Å². The minimum atomic E-state index is 0.440. The Morgan fingerprint density at radius 2 is 2.03 bits per heavy atom. The summed E-state index contributed by atoms with van der Waals surface area (Å²) >= 11 is 0. The second kappa shape index (κ2) is 7.74. The summed E-state index contributed by atoms with van der Waals surface area (Å²) in [7, 11) is 1.62. The molecule has 3 aromatic heterocycles. The number of nitrogens with one attached hydrogen (secondary N) is 1. The normalized spacial score (nSPS) is 18.4. The van der Waals surface area contributed by atoms with E-state index in [2.05, 4.69) is 33.0 Å². The van der Waals surface area contributed by atoms with Gasteiger partial charge < -0.3 is 15.0 Å². The van der Waals surface area contributed by atoms with Crippen molar-refractivity contribution in [1.29, 1.82) is 5.26 Å². The molecule has 30 heavy (non-hydrogen) atoms. The molecule has 0 bridgehead atoms. The van der Waals surface area contributed by atoms with Gasteiger partial charge in [0, 0.05) is 55.7 Å². The van der Waals surface area contributed by atoms with Gasteiger partial charge in [0.25, 0.3) is 0 Å². The van der Waals surface area contributed by atoms with Crippen LogP contribution >= 0.6 is 0 Å². The van der Waals surface area contributed by atoms with Crippen molar-refractivity contribution in [3.05, 3.63) is 35.9 Å². The van der Waals surface area contributed by atoms with Crippen molar-refractivity contribution in [2.45, 2.75) is 25.8 Å². The maximum Gasteiger partial charge on any atom is 0.146 e. The Kier molecular flexibility index (Phi) is 4.93. The number of nitrogens with zero attached hydrogens (tertiary/aromatic N) is 6. The van der Waals surface area contributed by atoms with Gasteiger partial charge in [0.15, 0.2) is 0 Å². The van der Waals surface area contributed by atoms with Gasteiger partial charge in [0.2, 0.25) is 0 Å². The van der Waals surface area contributed by atoms with Gasteiger partial charge in [0.1, 0.15) is 22.9 Å². The molecule has 2 aliphatic rings. The number of piperidine rings is 1. The summed E-state index contributed by atoms with van der Waals surface area (Å²) < 4.78 is 9.47. The van der Waals surface area contributed by atoms with Crippen LogP contribution in [0, 0.1) is 24.2 Å². The van der Waals surface area contributed by atoms with Gasteiger partial charge in [-0.3, -0.25) is 4.68 Å². The van der Waals surface area contributed by atoms with E-state index in [1.165, 1.54) is 19.6 Å². The minimum absolute atomic E-state index is 0.440. The summed E-state index contributed by atoms with van der Waals surface area (Å²) in [4.78, 5) is 2.60. The number of nitriles is 1. The SMILES string of the molecule is COc1cc(-c2cnn(C3CCN(CC4CNC4)CC3)c2C)cn2ncc(C#N)c12. The molecule has 8 heteroatoms. The van der Waals surface area contributed by atoms with Crippen molar-refractivity contribution in [3.8, 4) is 22.9 Å². The van der Waals surface area contributed by atoms with Crippen molar-refractivity contribution in [3.63, 3.8) is 0 Å². The number of rotatable bonds is 5. The van der Waals surface area contributed by atoms with Crippen LogP contribution in [0.2, 0.25) is 0 Å². The lowest BCUT2D eigenvalue weighted by atomic mass is 9.99. The Bertz CT molecular complexity index is 1100. The number of hydrogen-bond acceptors (Lipinski definition) is 6. The van der Waals surface area contributed by atoms with E-state index in [9.17, 15) is 5.26 Å². The van der Waals surface area contributed by atoms with Gasteiger partial charge in [-0.25, -0.2) is 4.52 Å². The van der Waals surface area contributed by atoms with Crippen molar-refractivity contribution in [1.82, 2.24) is 29.6 Å². The number of ether oxygens (including phenoxy) is 1. The molecule has 5 heterocycles. The molecule has 0 unspecified atom stereocenters. The summed E-state index contributed by atoms with van der Waals surface area (Å²) in [5, 5.41) is 21.8. The maximum atomic E-state index is 9.33. The van der Waals surface area contributed by atoms with Gasteiger partial charge >= 0.3 is 0 Å². The fourth-order valence-corrected chi connectivity index (χ4v) is 4.73. The fraction of sp³-hybridized carbons (Fsp3) is 0.500. The number of fused-ring (bicyclic) bond motifs is 1. The summed E-state index contributed by atoms with van der Waals surface area (Å²) in [6.07, 6.45) is 7.73. The molecule has 0 aromatic carbocycles. The largest absolute Gasteiger partial charge is 0.494 e. The van der Waals surface area contributed by atoms with Crippen LogP contribution < -0.4 is 10.1 Å². The lowest BCUT2D eigenvalue weighted by Gasteiger charge is -2.37. The quantitative estimate of drug-likeness (QED) is 0.701. The number of pyridine rings is 1. The molecule has 0 amide bonds. The highest BCUT2D eigenvalue weighted by Crippen LogP contribution is 2.33.